The number of rotatable bonds is 6. The molecular weight excluding hydrogens is 479 g/mol. The monoisotopic (exact) mass is 493 g/mol. The lowest BCUT2D eigenvalue weighted by Crippen LogP contribution is -2.21. The molecule has 0 saturated carbocycles. The SMILES string of the molecule is Cc1csc(NC(=O)COC(=O)c2nc(-c3cccs3)n(-c3cccc(C(F)(F)F)c3)n2)n1. The highest BCUT2D eigenvalue weighted by atomic mass is 32.1. The summed E-state index contributed by atoms with van der Waals surface area (Å²) in [4.78, 5) is 33.3. The van der Waals surface area contributed by atoms with Gasteiger partial charge in [-0.25, -0.2) is 14.5 Å². The van der Waals surface area contributed by atoms with Gasteiger partial charge >= 0.3 is 12.1 Å². The first-order valence-corrected chi connectivity index (χ1v) is 11.0. The third-order valence-electron chi connectivity index (χ3n) is 4.15. The van der Waals surface area contributed by atoms with Crippen LogP contribution in [-0.2, 0) is 15.7 Å². The van der Waals surface area contributed by atoms with Gasteiger partial charge in [-0.05, 0) is 36.6 Å². The molecular formula is C20H14F3N5O3S2. The van der Waals surface area contributed by atoms with Crippen molar-refractivity contribution < 1.29 is 27.5 Å². The van der Waals surface area contributed by atoms with Crippen LogP contribution < -0.4 is 5.32 Å². The van der Waals surface area contributed by atoms with E-state index in [1.807, 2.05) is 0 Å². The van der Waals surface area contributed by atoms with E-state index >= 15 is 0 Å². The highest BCUT2D eigenvalue weighted by molar-refractivity contribution is 7.14. The molecule has 0 radical (unpaired) electrons. The van der Waals surface area contributed by atoms with Gasteiger partial charge in [0.1, 0.15) is 0 Å². The number of nitrogens with zero attached hydrogens (tertiary/aromatic N) is 4. The average Bonchev–Trinajstić information content (AvgIpc) is 3.52. The first-order chi connectivity index (χ1) is 15.7. The van der Waals surface area contributed by atoms with Gasteiger partial charge in [0.2, 0.25) is 0 Å². The zero-order valence-corrected chi connectivity index (χ0v) is 18.4. The molecule has 1 amide bonds. The van der Waals surface area contributed by atoms with Gasteiger partial charge < -0.3 is 4.74 Å². The number of aromatic nitrogens is 4. The smallest absolute Gasteiger partial charge is 0.416 e. The Balaban J connectivity index is 1.57. The number of benzene rings is 1. The molecule has 1 aromatic carbocycles. The molecule has 3 heterocycles. The predicted octanol–water partition coefficient (Wildman–Crippen LogP) is 4.58. The predicted molar refractivity (Wildman–Crippen MR) is 115 cm³/mol. The Labute approximate surface area is 192 Å². The number of carbonyl (C=O) groups excluding carboxylic acids is 2. The van der Waals surface area contributed by atoms with Crippen LogP contribution in [0.1, 0.15) is 21.9 Å². The normalized spacial score (nSPS) is 11.4. The van der Waals surface area contributed by atoms with Gasteiger partial charge in [0, 0.05) is 5.38 Å². The van der Waals surface area contributed by atoms with Crippen molar-refractivity contribution in [2.45, 2.75) is 13.1 Å². The first kappa shape index (κ1) is 22.6. The minimum Gasteiger partial charge on any atom is -0.450 e. The number of carbonyl (C=O) groups is 2. The van der Waals surface area contributed by atoms with Crippen LogP contribution in [0.25, 0.3) is 16.4 Å². The maximum Gasteiger partial charge on any atom is 0.416 e. The Bertz CT molecular complexity index is 1300. The van der Waals surface area contributed by atoms with Gasteiger partial charge in [-0.2, -0.15) is 18.2 Å². The molecule has 0 bridgehead atoms. The fourth-order valence-electron chi connectivity index (χ4n) is 2.72. The summed E-state index contributed by atoms with van der Waals surface area (Å²) in [6, 6.07) is 7.92. The molecule has 0 spiro atoms. The van der Waals surface area contributed by atoms with Crippen molar-refractivity contribution in [3.8, 4) is 16.4 Å². The van der Waals surface area contributed by atoms with Gasteiger partial charge in [-0.1, -0.05) is 12.1 Å². The van der Waals surface area contributed by atoms with E-state index in [0.717, 1.165) is 22.5 Å². The molecule has 0 fully saturated rings. The molecule has 170 valence electrons. The van der Waals surface area contributed by atoms with E-state index in [0.29, 0.717) is 10.0 Å². The largest absolute Gasteiger partial charge is 0.450 e. The van der Waals surface area contributed by atoms with Crippen molar-refractivity contribution in [1.29, 1.82) is 0 Å². The average molecular weight is 493 g/mol. The number of hydrogen-bond acceptors (Lipinski definition) is 8. The molecule has 0 aliphatic carbocycles. The van der Waals surface area contributed by atoms with Gasteiger partial charge in [0.15, 0.2) is 17.6 Å². The summed E-state index contributed by atoms with van der Waals surface area (Å²) in [5.74, 6) is -1.83. The summed E-state index contributed by atoms with van der Waals surface area (Å²) in [6.45, 7) is 1.16. The quantitative estimate of drug-likeness (QED) is 0.395. The first-order valence-electron chi connectivity index (χ1n) is 9.28. The van der Waals surface area contributed by atoms with Crippen LogP contribution in [0, 0.1) is 6.92 Å². The summed E-state index contributed by atoms with van der Waals surface area (Å²) in [5, 5.41) is 10.4. The van der Waals surface area contributed by atoms with E-state index in [9.17, 15) is 22.8 Å². The highest BCUT2D eigenvalue weighted by Gasteiger charge is 2.31. The van der Waals surface area contributed by atoms with Gasteiger partial charge in [-0.15, -0.1) is 27.8 Å². The van der Waals surface area contributed by atoms with Crippen LogP contribution in [0.4, 0.5) is 18.3 Å². The maximum atomic E-state index is 13.2. The summed E-state index contributed by atoms with van der Waals surface area (Å²) < 4.78 is 45.6. The Morgan fingerprint density at radius 2 is 1.97 bits per heavy atom. The summed E-state index contributed by atoms with van der Waals surface area (Å²) in [6.07, 6.45) is -4.55. The van der Waals surface area contributed by atoms with E-state index in [-0.39, 0.29) is 11.5 Å². The number of anilines is 1. The van der Waals surface area contributed by atoms with E-state index in [4.69, 9.17) is 4.74 Å². The van der Waals surface area contributed by atoms with E-state index < -0.39 is 36.0 Å². The second kappa shape index (κ2) is 9.11. The molecule has 0 aliphatic rings. The van der Waals surface area contributed by atoms with Crippen molar-refractivity contribution in [1.82, 2.24) is 19.7 Å². The van der Waals surface area contributed by atoms with Crippen LogP contribution >= 0.6 is 22.7 Å². The molecule has 1 N–H and O–H groups in total. The molecule has 13 heteroatoms. The third kappa shape index (κ3) is 5.26. The van der Waals surface area contributed by atoms with Crippen LogP contribution in [0.15, 0.2) is 47.2 Å². The number of aryl methyl sites for hydroxylation is 1. The minimum atomic E-state index is -4.55. The molecule has 0 aliphatic heterocycles. The Morgan fingerprint density at radius 1 is 1.15 bits per heavy atom. The number of amides is 1. The topological polar surface area (TPSA) is 99.0 Å². The molecule has 0 saturated heterocycles. The fourth-order valence-corrected chi connectivity index (χ4v) is 4.12. The van der Waals surface area contributed by atoms with Crippen molar-refractivity contribution in [2.24, 2.45) is 0 Å². The number of ether oxygens (including phenoxy) is 1. The lowest BCUT2D eigenvalue weighted by atomic mass is 10.2. The summed E-state index contributed by atoms with van der Waals surface area (Å²) in [5.41, 5.74) is -0.0692. The fraction of sp³-hybridized carbons (Fsp3) is 0.150. The lowest BCUT2D eigenvalue weighted by molar-refractivity contribution is -0.137. The van der Waals surface area contributed by atoms with E-state index in [2.05, 4.69) is 20.4 Å². The molecule has 0 atom stereocenters. The molecule has 8 nitrogen and oxygen atoms in total. The van der Waals surface area contributed by atoms with E-state index in [1.54, 1.807) is 29.8 Å². The standard InChI is InChI=1S/C20H14F3N5O3S2/c1-11-10-33-19(24-11)25-15(29)9-31-18(30)16-26-17(14-6-3-7-32-14)28(27-16)13-5-2-4-12(8-13)20(21,22)23/h2-8,10H,9H2,1H3,(H,24,25,29). The lowest BCUT2D eigenvalue weighted by Gasteiger charge is -2.09. The number of thiophene rings is 1. The molecule has 4 rings (SSSR count). The number of halogens is 3. The van der Waals surface area contributed by atoms with Gasteiger partial charge in [0.05, 0.1) is 21.8 Å². The van der Waals surface area contributed by atoms with Crippen LogP contribution in [-0.4, -0.2) is 38.2 Å². The zero-order valence-electron chi connectivity index (χ0n) is 16.8. The molecule has 3 aromatic heterocycles. The number of nitrogens with one attached hydrogen (secondary N) is 1. The van der Waals surface area contributed by atoms with Crippen LogP contribution in [0.3, 0.4) is 0 Å². The third-order valence-corrected chi connectivity index (χ3v) is 5.89. The van der Waals surface area contributed by atoms with Gasteiger partial charge in [-0.3, -0.25) is 10.1 Å². The number of thiazole rings is 1. The van der Waals surface area contributed by atoms with Gasteiger partial charge in [0.25, 0.3) is 11.7 Å². The van der Waals surface area contributed by atoms with Crippen molar-refractivity contribution in [3.05, 3.63) is 64.2 Å². The number of hydrogen-bond donors (Lipinski definition) is 1. The maximum absolute atomic E-state index is 13.2. The Morgan fingerprint density at radius 3 is 2.64 bits per heavy atom. The second-order valence-electron chi connectivity index (χ2n) is 6.61. The Hall–Kier alpha value is -3.58. The second-order valence-corrected chi connectivity index (χ2v) is 8.42. The van der Waals surface area contributed by atoms with Crippen LogP contribution in [0.2, 0.25) is 0 Å². The van der Waals surface area contributed by atoms with Crippen molar-refractivity contribution >= 4 is 39.7 Å². The molecule has 0 unspecified atom stereocenters. The zero-order chi connectivity index (χ0) is 23.6. The number of esters is 1. The minimum absolute atomic E-state index is 0.0663. The van der Waals surface area contributed by atoms with E-state index in [1.165, 1.54) is 34.8 Å². The number of alkyl halides is 3. The highest BCUT2D eigenvalue weighted by Crippen LogP contribution is 2.32. The van der Waals surface area contributed by atoms with Crippen LogP contribution in [0.5, 0.6) is 0 Å². The summed E-state index contributed by atoms with van der Waals surface area (Å²) >= 11 is 2.50. The molecule has 33 heavy (non-hydrogen) atoms. The summed E-state index contributed by atoms with van der Waals surface area (Å²) in [7, 11) is 0. The molecule has 4 aromatic rings. The van der Waals surface area contributed by atoms with Crippen molar-refractivity contribution in [2.75, 3.05) is 11.9 Å². The Kier molecular flexibility index (Phi) is 6.24. The van der Waals surface area contributed by atoms with Crippen molar-refractivity contribution in [3.63, 3.8) is 0 Å².